The van der Waals surface area contributed by atoms with Gasteiger partial charge in [0.05, 0.1) is 5.60 Å². The van der Waals surface area contributed by atoms with Crippen LogP contribution in [0.2, 0.25) is 0 Å². The minimum absolute atomic E-state index is 0.335. The van der Waals surface area contributed by atoms with E-state index in [2.05, 4.69) is 21.2 Å². The van der Waals surface area contributed by atoms with Gasteiger partial charge in [0.2, 0.25) is 0 Å². The number of aryl methyl sites for hydroxylation is 1. The smallest absolute Gasteiger partial charge is 0.123 e. The molecule has 1 aliphatic heterocycles. The molecule has 0 aromatic heterocycles. The Balaban J connectivity index is 1.92. The Morgan fingerprint density at radius 2 is 2.05 bits per heavy atom. The van der Waals surface area contributed by atoms with Crippen LogP contribution in [0.5, 0.6) is 5.75 Å². The summed E-state index contributed by atoms with van der Waals surface area (Å²) in [4.78, 5) is 0. The van der Waals surface area contributed by atoms with Crippen LogP contribution in [0.15, 0.2) is 16.6 Å². The maximum absolute atomic E-state index is 10.4. The first-order valence-corrected chi connectivity index (χ1v) is 8.44. The topological polar surface area (TPSA) is 52.5 Å². The summed E-state index contributed by atoms with van der Waals surface area (Å²) in [6.07, 6.45) is 1.68. The molecule has 106 valence electrons. The summed E-state index contributed by atoms with van der Waals surface area (Å²) < 4.78 is 0.965. The number of thioether (sulfide) groups is 1. The molecule has 0 atom stereocenters. The average Bonchev–Trinajstić information content (AvgIpc) is 2.36. The molecule has 0 unspecified atom stereocenters. The SMILES string of the molecule is Cc1cc(Br)cc(CNCC2(O)CCSCC2)c1O. The third-order valence-corrected chi connectivity index (χ3v) is 4.98. The fraction of sp³-hybridized carbons (Fsp3) is 0.571. The number of phenolic OH excluding ortho intramolecular Hbond substituents is 1. The molecule has 1 aromatic rings. The molecule has 1 fully saturated rings. The lowest BCUT2D eigenvalue weighted by Crippen LogP contribution is -2.43. The predicted molar refractivity (Wildman–Crippen MR) is 83.8 cm³/mol. The first-order chi connectivity index (χ1) is 9.00. The van der Waals surface area contributed by atoms with Crippen molar-refractivity contribution >= 4 is 27.7 Å². The third kappa shape index (κ3) is 4.12. The Kier molecular flexibility index (Phi) is 5.17. The second-order valence-corrected chi connectivity index (χ2v) is 7.31. The van der Waals surface area contributed by atoms with Crippen LogP contribution in [0.4, 0.5) is 0 Å². The lowest BCUT2D eigenvalue weighted by Gasteiger charge is -2.32. The van der Waals surface area contributed by atoms with E-state index >= 15 is 0 Å². The van der Waals surface area contributed by atoms with Gasteiger partial charge in [0.1, 0.15) is 5.75 Å². The van der Waals surface area contributed by atoms with E-state index in [1.807, 2.05) is 30.8 Å². The van der Waals surface area contributed by atoms with Gasteiger partial charge < -0.3 is 15.5 Å². The summed E-state index contributed by atoms with van der Waals surface area (Å²) >= 11 is 5.33. The molecular formula is C14H20BrNO2S. The zero-order chi connectivity index (χ0) is 13.9. The highest BCUT2D eigenvalue weighted by Gasteiger charge is 2.28. The van der Waals surface area contributed by atoms with Crippen LogP contribution in [-0.4, -0.2) is 33.9 Å². The molecule has 1 heterocycles. The van der Waals surface area contributed by atoms with E-state index in [1.54, 1.807) is 0 Å². The van der Waals surface area contributed by atoms with Gasteiger partial charge >= 0.3 is 0 Å². The number of aromatic hydroxyl groups is 1. The van der Waals surface area contributed by atoms with Crippen molar-refractivity contribution in [2.45, 2.75) is 31.9 Å². The van der Waals surface area contributed by atoms with Crippen molar-refractivity contribution in [3.63, 3.8) is 0 Å². The first-order valence-electron chi connectivity index (χ1n) is 6.49. The first kappa shape index (κ1) is 15.2. The zero-order valence-electron chi connectivity index (χ0n) is 11.1. The fourth-order valence-electron chi connectivity index (χ4n) is 2.30. The summed E-state index contributed by atoms with van der Waals surface area (Å²) in [5, 5.41) is 23.6. The lowest BCUT2D eigenvalue weighted by atomic mass is 9.97. The Labute approximate surface area is 126 Å². The molecule has 0 aliphatic carbocycles. The van der Waals surface area contributed by atoms with Crippen molar-refractivity contribution in [1.82, 2.24) is 5.32 Å². The van der Waals surface area contributed by atoms with Crippen molar-refractivity contribution in [1.29, 1.82) is 0 Å². The third-order valence-electron chi connectivity index (χ3n) is 3.54. The summed E-state index contributed by atoms with van der Waals surface area (Å²) in [5.74, 6) is 2.39. The van der Waals surface area contributed by atoms with Gasteiger partial charge in [-0.15, -0.1) is 0 Å². The highest BCUT2D eigenvalue weighted by molar-refractivity contribution is 9.10. The Morgan fingerprint density at radius 1 is 1.37 bits per heavy atom. The second kappa shape index (κ2) is 6.48. The van der Waals surface area contributed by atoms with Crippen LogP contribution in [0, 0.1) is 6.92 Å². The van der Waals surface area contributed by atoms with Crippen molar-refractivity contribution in [3.05, 3.63) is 27.7 Å². The van der Waals surface area contributed by atoms with E-state index in [-0.39, 0.29) is 0 Å². The van der Waals surface area contributed by atoms with Crippen LogP contribution in [0.3, 0.4) is 0 Å². The molecule has 1 aromatic carbocycles. The van der Waals surface area contributed by atoms with Gasteiger partial charge in [-0.3, -0.25) is 0 Å². The molecule has 0 saturated carbocycles. The molecule has 0 amide bonds. The number of phenols is 1. The summed E-state index contributed by atoms with van der Waals surface area (Å²) in [5.41, 5.74) is 1.14. The number of benzene rings is 1. The van der Waals surface area contributed by atoms with Gasteiger partial charge in [0.15, 0.2) is 0 Å². The molecule has 1 saturated heterocycles. The number of hydrogen-bond donors (Lipinski definition) is 3. The number of rotatable bonds is 4. The molecule has 0 bridgehead atoms. The minimum Gasteiger partial charge on any atom is -0.507 e. The van der Waals surface area contributed by atoms with E-state index in [4.69, 9.17) is 0 Å². The van der Waals surface area contributed by atoms with E-state index in [9.17, 15) is 10.2 Å². The minimum atomic E-state index is -0.581. The van der Waals surface area contributed by atoms with Crippen molar-refractivity contribution in [3.8, 4) is 5.75 Å². The zero-order valence-corrected chi connectivity index (χ0v) is 13.5. The normalized spacial score (nSPS) is 18.5. The molecule has 3 N–H and O–H groups in total. The maximum atomic E-state index is 10.4. The molecule has 5 heteroatoms. The molecule has 2 rings (SSSR count). The Morgan fingerprint density at radius 3 is 2.74 bits per heavy atom. The van der Waals surface area contributed by atoms with Crippen LogP contribution in [-0.2, 0) is 6.54 Å². The van der Waals surface area contributed by atoms with E-state index in [1.165, 1.54) is 0 Å². The number of hydrogen-bond acceptors (Lipinski definition) is 4. The Hall–Kier alpha value is -0.230. The van der Waals surface area contributed by atoms with E-state index in [0.29, 0.717) is 18.8 Å². The monoisotopic (exact) mass is 345 g/mol. The lowest BCUT2D eigenvalue weighted by molar-refractivity contribution is 0.0319. The van der Waals surface area contributed by atoms with Gasteiger partial charge in [0.25, 0.3) is 0 Å². The molecular weight excluding hydrogens is 326 g/mol. The maximum Gasteiger partial charge on any atom is 0.123 e. The molecule has 0 spiro atoms. The number of halogens is 1. The molecule has 19 heavy (non-hydrogen) atoms. The number of aliphatic hydroxyl groups is 1. The van der Waals surface area contributed by atoms with Crippen LogP contribution >= 0.6 is 27.7 Å². The fourth-order valence-corrected chi connectivity index (χ4v) is 4.17. The molecule has 1 aliphatic rings. The van der Waals surface area contributed by atoms with Crippen molar-refractivity contribution in [2.75, 3.05) is 18.1 Å². The predicted octanol–water partition coefficient (Wildman–Crippen LogP) is 2.81. The standard InChI is InChI=1S/C14H20BrNO2S/c1-10-6-12(15)7-11(13(10)17)8-16-9-14(18)2-4-19-5-3-14/h6-7,16-18H,2-5,8-9H2,1H3. The highest BCUT2D eigenvalue weighted by atomic mass is 79.9. The molecule has 3 nitrogen and oxygen atoms in total. The van der Waals surface area contributed by atoms with Crippen LogP contribution in [0.25, 0.3) is 0 Å². The second-order valence-electron chi connectivity index (χ2n) is 5.17. The van der Waals surface area contributed by atoms with Gasteiger partial charge in [-0.05, 0) is 49.0 Å². The quantitative estimate of drug-likeness (QED) is 0.785. The summed E-state index contributed by atoms with van der Waals surface area (Å²) in [6.45, 7) is 3.04. The largest absolute Gasteiger partial charge is 0.507 e. The highest BCUT2D eigenvalue weighted by Crippen LogP contribution is 2.28. The van der Waals surface area contributed by atoms with Gasteiger partial charge in [0, 0.05) is 23.1 Å². The average molecular weight is 346 g/mol. The van der Waals surface area contributed by atoms with Crippen molar-refractivity contribution in [2.24, 2.45) is 0 Å². The summed E-state index contributed by atoms with van der Waals surface area (Å²) in [6, 6.07) is 3.81. The summed E-state index contributed by atoms with van der Waals surface area (Å²) in [7, 11) is 0. The van der Waals surface area contributed by atoms with Crippen LogP contribution < -0.4 is 5.32 Å². The van der Waals surface area contributed by atoms with Gasteiger partial charge in [-0.2, -0.15) is 11.8 Å². The number of nitrogens with one attached hydrogen (secondary N) is 1. The Bertz CT molecular complexity index is 447. The van der Waals surface area contributed by atoms with Crippen molar-refractivity contribution < 1.29 is 10.2 Å². The molecule has 0 radical (unpaired) electrons. The van der Waals surface area contributed by atoms with E-state index in [0.717, 1.165) is 39.9 Å². The van der Waals surface area contributed by atoms with Gasteiger partial charge in [-0.1, -0.05) is 15.9 Å². The van der Waals surface area contributed by atoms with Gasteiger partial charge in [-0.25, -0.2) is 0 Å². The van der Waals surface area contributed by atoms with Crippen LogP contribution in [0.1, 0.15) is 24.0 Å². The van der Waals surface area contributed by atoms with E-state index < -0.39 is 5.60 Å².